The number of hydrogen-bond donors (Lipinski definition) is 1. The lowest BCUT2D eigenvalue weighted by Crippen LogP contribution is -2.31. The Morgan fingerprint density at radius 2 is 2.18 bits per heavy atom. The lowest BCUT2D eigenvalue weighted by molar-refractivity contribution is 0.172. The van der Waals surface area contributed by atoms with Crippen LogP contribution in [0.3, 0.4) is 0 Å². The SMILES string of the molecule is COC(=O)NC1SCCCS1. The van der Waals surface area contributed by atoms with E-state index in [1.807, 2.05) is 0 Å². The normalized spacial score (nSPS) is 19.4. The number of carbonyl (C=O) groups is 1. The van der Waals surface area contributed by atoms with Crippen LogP contribution in [0.25, 0.3) is 0 Å². The molecule has 5 heteroatoms. The van der Waals surface area contributed by atoms with Crippen molar-refractivity contribution in [2.24, 2.45) is 0 Å². The molecule has 0 aliphatic carbocycles. The van der Waals surface area contributed by atoms with Gasteiger partial charge in [-0.05, 0) is 17.9 Å². The lowest BCUT2D eigenvalue weighted by Gasteiger charge is -2.20. The van der Waals surface area contributed by atoms with Gasteiger partial charge in [0.1, 0.15) is 4.71 Å². The van der Waals surface area contributed by atoms with Gasteiger partial charge in [-0.15, -0.1) is 23.5 Å². The Morgan fingerprint density at radius 3 is 2.73 bits per heavy atom. The molecule has 0 aromatic carbocycles. The highest BCUT2D eigenvalue weighted by atomic mass is 32.2. The molecule has 1 aliphatic heterocycles. The predicted molar refractivity (Wildman–Crippen MR) is 48.9 cm³/mol. The number of ether oxygens (including phenoxy) is 1. The van der Waals surface area contributed by atoms with E-state index in [-0.39, 0.29) is 10.8 Å². The van der Waals surface area contributed by atoms with E-state index in [9.17, 15) is 4.79 Å². The summed E-state index contributed by atoms with van der Waals surface area (Å²) in [6, 6.07) is 0. The minimum Gasteiger partial charge on any atom is -0.453 e. The number of alkyl carbamates (subject to hydrolysis) is 1. The maximum absolute atomic E-state index is 10.7. The number of hydrogen-bond acceptors (Lipinski definition) is 4. The van der Waals surface area contributed by atoms with Gasteiger partial charge in [-0.2, -0.15) is 0 Å². The first-order valence-corrected chi connectivity index (χ1v) is 5.50. The summed E-state index contributed by atoms with van der Waals surface area (Å²) >= 11 is 3.52. The molecule has 0 spiro atoms. The van der Waals surface area contributed by atoms with Crippen LogP contribution in [-0.2, 0) is 4.74 Å². The number of rotatable bonds is 1. The van der Waals surface area contributed by atoms with Gasteiger partial charge in [0.05, 0.1) is 7.11 Å². The second kappa shape index (κ2) is 4.77. The molecule has 1 N–H and O–H groups in total. The molecule has 0 radical (unpaired) electrons. The van der Waals surface area contributed by atoms with Gasteiger partial charge in [0, 0.05) is 0 Å². The van der Waals surface area contributed by atoms with Gasteiger partial charge in [-0.25, -0.2) is 4.79 Å². The zero-order chi connectivity index (χ0) is 8.10. The van der Waals surface area contributed by atoms with E-state index in [0.29, 0.717) is 0 Å². The summed E-state index contributed by atoms with van der Waals surface area (Å²) in [7, 11) is 1.38. The molecule has 1 fully saturated rings. The summed E-state index contributed by atoms with van der Waals surface area (Å²) in [5.41, 5.74) is 0. The fourth-order valence-corrected chi connectivity index (χ4v) is 3.28. The highest BCUT2D eigenvalue weighted by molar-refractivity contribution is 8.17. The molecule has 0 unspecified atom stereocenters. The highest BCUT2D eigenvalue weighted by Crippen LogP contribution is 2.28. The van der Waals surface area contributed by atoms with Crippen LogP contribution in [0.4, 0.5) is 4.79 Å². The molecular weight excluding hydrogens is 182 g/mol. The van der Waals surface area contributed by atoms with E-state index in [0.717, 1.165) is 11.5 Å². The molecule has 1 aliphatic rings. The van der Waals surface area contributed by atoms with Gasteiger partial charge in [-0.1, -0.05) is 0 Å². The zero-order valence-electron chi connectivity index (χ0n) is 6.33. The van der Waals surface area contributed by atoms with Crippen molar-refractivity contribution in [3.05, 3.63) is 0 Å². The Bertz CT molecular complexity index is 137. The van der Waals surface area contributed by atoms with Crippen molar-refractivity contribution in [2.75, 3.05) is 18.6 Å². The topological polar surface area (TPSA) is 38.3 Å². The summed E-state index contributed by atoms with van der Waals surface area (Å²) in [6.45, 7) is 0. The molecule has 1 saturated heterocycles. The molecule has 64 valence electrons. The predicted octanol–water partition coefficient (Wildman–Crippen LogP) is 1.50. The fourth-order valence-electron chi connectivity index (χ4n) is 0.726. The van der Waals surface area contributed by atoms with Crippen LogP contribution in [0.15, 0.2) is 0 Å². The van der Waals surface area contributed by atoms with Crippen molar-refractivity contribution in [3.63, 3.8) is 0 Å². The molecule has 0 saturated carbocycles. The molecule has 0 bridgehead atoms. The van der Waals surface area contributed by atoms with Crippen LogP contribution < -0.4 is 5.32 Å². The van der Waals surface area contributed by atoms with Gasteiger partial charge in [0.2, 0.25) is 0 Å². The molecule has 0 aromatic rings. The van der Waals surface area contributed by atoms with E-state index in [1.165, 1.54) is 13.5 Å². The number of amides is 1. The van der Waals surface area contributed by atoms with Crippen molar-refractivity contribution in [1.82, 2.24) is 5.32 Å². The Hall–Kier alpha value is -0.0300. The van der Waals surface area contributed by atoms with Gasteiger partial charge >= 0.3 is 6.09 Å². The summed E-state index contributed by atoms with van der Waals surface area (Å²) < 4.78 is 4.67. The molecule has 3 nitrogen and oxygen atoms in total. The molecule has 0 aromatic heterocycles. The highest BCUT2D eigenvalue weighted by Gasteiger charge is 2.16. The number of methoxy groups -OCH3 is 1. The molecule has 11 heavy (non-hydrogen) atoms. The van der Waals surface area contributed by atoms with Crippen molar-refractivity contribution in [1.29, 1.82) is 0 Å². The summed E-state index contributed by atoms with van der Waals surface area (Å²) in [5, 5.41) is 2.73. The first-order valence-electron chi connectivity index (χ1n) is 3.40. The zero-order valence-corrected chi connectivity index (χ0v) is 7.96. The Balaban J connectivity index is 2.19. The Labute approximate surface area is 74.6 Å². The van der Waals surface area contributed by atoms with Gasteiger partial charge in [0.15, 0.2) is 0 Å². The molecular formula is C6H11NO2S2. The minimum absolute atomic E-state index is 0.191. The maximum atomic E-state index is 10.7. The quantitative estimate of drug-likeness (QED) is 0.685. The van der Waals surface area contributed by atoms with Gasteiger partial charge < -0.3 is 10.1 Å². The van der Waals surface area contributed by atoms with E-state index in [4.69, 9.17) is 0 Å². The number of nitrogens with one attached hydrogen (secondary N) is 1. The second-order valence-electron chi connectivity index (χ2n) is 2.06. The standard InChI is InChI=1S/C6H11NO2S2/c1-9-5(8)7-6-10-3-2-4-11-6/h6H,2-4H2,1H3,(H,7,8). The third-order valence-electron chi connectivity index (χ3n) is 1.25. The summed E-state index contributed by atoms with van der Waals surface area (Å²) in [4.78, 5) is 10.7. The fraction of sp³-hybridized carbons (Fsp3) is 0.833. The van der Waals surface area contributed by atoms with E-state index in [1.54, 1.807) is 23.5 Å². The smallest absolute Gasteiger partial charge is 0.408 e. The van der Waals surface area contributed by atoms with Crippen LogP contribution in [-0.4, -0.2) is 29.4 Å². The number of carbonyl (C=O) groups excluding carboxylic acids is 1. The van der Waals surface area contributed by atoms with Gasteiger partial charge in [0.25, 0.3) is 0 Å². The third kappa shape index (κ3) is 3.25. The van der Waals surface area contributed by atoms with Crippen molar-refractivity contribution >= 4 is 29.6 Å². The lowest BCUT2D eigenvalue weighted by atomic mass is 10.6. The average Bonchev–Trinajstić information content (AvgIpc) is 2.06. The van der Waals surface area contributed by atoms with E-state index < -0.39 is 0 Å². The van der Waals surface area contributed by atoms with Crippen molar-refractivity contribution in [3.8, 4) is 0 Å². The Morgan fingerprint density at radius 1 is 1.55 bits per heavy atom. The second-order valence-corrected chi connectivity index (χ2v) is 4.79. The average molecular weight is 193 g/mol. The summed E-state index contributed by atoms with van der Waals surface area (Å²) in [6.07, 6.45) is 0.895. The van der Waals surface area contributed by atoms with E-state index >= 15 is 0 Å². The molecule has 1 heterocycles. The largest absolute Gasteiger partial charge is 0.453 e. The van der Waals surface area contributed by atoms with Crippen LogP contribution in [0, 0.1) is 0 Å². The molecule has 0 atom stereocenters. The van der Waals surface area contributed by atoms with E-state index in [2.05, 4.69) is 10.1 Å². The minimum atomic E-state index is -0.336. The van der Waals surface area contributed by atoms with Crippen molar-refractivity contribution < 1.29 is 9.53 Å². The van der Waals surface area contributed by atoms with Crippen LogP contribution in [0.1, 0.15) is 6.42 Å². The van der Waals surface area contributed by atoms with Crippen LogP contribution in [0.2, 0.25) is 0 Å². The monoisotopic (exact) mass is 193 g/mol. The van der Waals surface area contributed by atoms with Crippen LogP contribution in [0.5, 0.6) is 0 Å². The third-order valence-corrected chi connectivity index (χ3v) is 3.95. The van der Waals surface area contributed by atoms with Gasteiger partial charge in [-0.3, -0.25) is 0 Å². The first kappa shape index (κ1) is 9.06. The first-order chi connectivity index (χ1) is 5.33. The van der Waals surface area contributed by atoms with Crippen molar-refractivity contribution in [2.45, 2.75) is 11.1 Å². The molecule has 1 rings (SSSR count). The van der Waals surface area contributed by atoms with Crippen LogP contribution >= 0.6 is 23.5 Å². The Kier molecular flexibility index (Phi) is 3.93. The number of thioether (sulfide) groups is 2. The maximum Gasteiger partial charge on any atom is 0.408 e. The molecule has 1 amide bonds. The summed E-state index contributed by atoms with van der Waals surface area (Å²) in [5.74, 6) is 2.25.